The zero-order valence-corrected chi connectivity index (χ0v) is 12.4. The minimum atomic E-state index is 0.562. The van der Waals surface area contributed by atoms with Crippen LogP contribution in [0.3, 0.4) is 0 Å². The molecule has 0 amide bonds. The maximum Gasteiger partial charge on any atom is 0.0652 e. The molecule has 0 aliphatic carbocycles. The monoisotopic (exact) mass is 309 g/mol. The summed E-state index contributed by atoms with van der Waals surface area (Å²) >= 11 is 20.3. The van der Waals surface area contributed by atoms with E-state index in [1.54, 1.807) is 12.1 Å². The molecule has 0 atom stereocenters. The largest absolute Gasteiger partial charge is 0.310 e. The molecular formula is C12H14Cl3NS. The molecule has 1 aliphatic heterocycles. The van der Waals surface area contributed by atoms with Crippen LogP contribution in [0.15, 0.2) is 12.1 Å². The Balaban J connectivity index is 2.00. The smallest absolute Gasteiger partial charge is 0.0652 e. The number of nitrogens with one attached hydrogen (secondary N) is 1. The van der Waals surface area contributed by atoms with Gasteiger partial charge in [-0.15, -0.1) is 0 Å². The fraction of sp³-hybridized carbons (Fsp3) is 0.500. The highest BCUT2D eigenvalue weighted by atomic mass is 35.5. The molecule has 1 fully saturated rings. The van der Waals surface area contributed by atoms with Gasteiger partial charge in [0.05, 0.1) is 10.0 Å². The summed E-state index contributed by atoms with van der Waals surface area (Å²) < 4.78 is 0. The minimum Gasteiger partial charge on any atom is -0.310 e. The third-order valence-corrected chi connectivity index (χ3v) is 5.17. The van der Waals surface area contributed by atoms with E-state index in [4.69, 9.17) is 34.8 Å². The van der Waals surface area contributed by atoms with Gasteiger partial charge in [-0.2, -0.15) is 11.8 Å². The SMILES string of the molecule is Clc1ccc(Cl)c(CNC2CCSCC2)c1Cl. The average Bonchev–Trinajstić information content (AvgIpc) is 2.35. The fourth-order valence-corrected chi connectivity index (χ4v) is 3.67. The van der Waals surface area contributed by atoms with Gasteiger partial charge < -0.3 is 5.32 Å². The van der Waals surface area contributed by atoms with Gasteiger partial charge in [0.1, 0.15) is 0 Å². The molecule has 17 heavy (non-hydrogen) atoms. The van der Waals surface area contributed by atoms with Gasteiger partial charge in [-0.25, -0.2) is 0 Å². The van der Waals surface area contributed by atoms with Gasteiger partial charge in [0.15, 0.2) is 0 Å². The first kappa shape index (κ1) is 13.8. The highest BCUT2D eigenvalue weighted by molar-refractivity contribution is 7.99. The van der Waals surface area contributed by atoms with Gasteiger partial charge in [-0.1, -0.05) is 34.8 Å². The van der Waals surface area contributed by atoms with Crippen molar-refractivity contribution in [3.05, 3.63) is 32.8 Å². The second-order valence-corrected chi connectivity index (χ2v) is 6.51. The summed E-state index contributed by atoms with van der Waals surface area (Å²) in [6, 6.07) is 4.10. The predicted octanol–water partition coefficient (Wildman–Crippen LogP) is 4.63. The minimum absolute atomic E-state index is 0.562. The Bertz CT molecular complexity index is 392. The molecular weight excluding hydrogens is 297 g/mol. The number of thioether (sulfide) groups is 1. The summed E-state index contributed by atoms with van der Waals surface area (Å²) in [5, 5.41) is 5.31. The molecule has 0 unspecified atom stereocenters. The molecule has 94 valence electrons. The number of halogens is 3. The fourth-order valence-electron chi connectivity index (χ4n) is 1.88. The number of benzene rings is 1. The number of rotatable bonds is 3. The van der Waals surface area contributed by atoms with Crippen LogP contribution >= 0.6 is 46.6 Å². The predicted molar refractivity (Wildman–Crippen MR) is 78.7 cm³/mol. The summed E-state index contributed by atoms with van der Waals surface area (Å²) in [5.41, 5.74) is 0.902. The van der Waals surface area contributed by atoms with Gasteiger partial charge in [-0.3, -0.25) is 0 Å². The van der Waals surface area contributed by atoms with Crippen LogP contribution in [-0.4, -0.2) is 17.5 Å². The Morgan fingerprint density at radius 3 is 2.47 bits per heavy atom. The zero-order valence-electron chi connectivity index (χ0n) is 9.31. The molecule has 0 saturated carbocycles. The van der Waals surface area contributed by atoms with Crippen molar-refractivity contribution in [1.82, 2.24) is 5.32 Å². The first-order valence-electron chi connectivity index (χ1n) is 5.62. The highest BCUT2D eigenvalue weighted by Crippen LogP contribution is 2.31. The number of hydrogen-bond donors (Lipinski definition) is 1. The van der Waals surface area contributed by atoms with Crippen molar-refractivity contribution in [3.8, 4) is 0 Å². The van der Waals surface area contributed by atoms with E-state index >= 15 is 0 Å². The number of hydrogen-bond acceptors (Lipinski definition) is 2. The lowest BCUT2D eigenvalue weighted by Gasteiger charge is -2.23. The maximum atomic E-state index is 6.16. The molecule has 1 nitrogen and oxygen atoms in total. The van der Waals surface area contributed by atoms with E-state index in [-0.39, 0.29) is 0 Å². The molecule has 1 heterocycles. The average molecular weight is 311 g/mol. The van der Waals surface area contributed by atoms with Crippen LogP contribution in [0.5, 0.6) is 0 Å². The highest BCUT2D eigenvalue weighted by Gasteiger charge is 2.15. The van der Waals surface area contributed by atoms with E-state index in [0.717, 1.165) is 5.56 Å². The van der Waals surface area contributed by atoms with E-state index in [9.17, 15) is 0 Å². The summed E-state index contributed by atoms with van der Waals surface area (Å²) in [5.74, 6) is 2.46. The molecule has 0 spiro atoms. The summed E-state index contributed by atoms with van der Waals surface area (Å²) in [7, 11) is 0. The Morgan fingerprint density at radius 2 is 1.76 bits per heavy atom. The Kier molecular flexibility index (Phi) is 5.31. The molecule has 0 aromatic heterocycles. The molecule has 0 radical (unpaired) electrons. The first-order valence-corrected chi connectivity index (χ1v) is 7.91. The van der Waals surface area contributed by atoms with Crippen molar-refractivity contribution in [2.45, 2.75) is 25.4 Å². The van der Waals surface area contributed by atoms with Crippen molar-refractivity contribution in [1.29, 1.82) is 0 Å². The van der Waals surface area contributed by atoms with Gasteiger partial charge in [-0.05, 0) is 36.5 Å². The molecule has 2 rings (SSSR count). The summed E-state index contributed by atoms with van der Waals surface area (Å²) in [6.07, 6.45) is 2.42. The third kappa shape index (κ3) is 3.68. The van der Waals surface area contributed by atoms with Crippen LogP contribution < -0.4 is 5.32 Å². The molecule has 1 aliphatic rings. The van der Waals surface area contributed by atoms with Crippen LogP contribution in [0.2, 0.25) is 15.1 Å². The summed E-state index contributed by atoms with van der Waals surface area (Å²) in [4.78, 5) is 0. The summed E-state index contributed by atoms with van der Waals surface area (Å²) in [6.45, 7) is 0.688. The van der Waals surface area contributed by atoms with Crippen LogP contribution in [0.4, 0.5) is 0 Å². The zero-order chi connectivity index (χ0) is 12.3. The van der Waals surface area contributed by atoms with Crippen LogP contribution in [0.1, 0.15) is 18.4 Å². The quantitative estimate of drug-likeness (QED) is 0.817. The van der Waals surface area contributed by atoms with E-state index in [1.165, 1.54) is 24.3 Å². The molecule has 1 saturated heterocycles. The first-order chi connectivity index (χ1) is 8.18. The Hall–Kier alpha value is 0.400. The molecule has 1 N–H and O–H groups in total. The lowest BCUT2D eigenvalue weighted by atomic mass is 10.1. The van der Waals surface area contributed by atoms with Gasteiger partial charge >= 0.3 is 0 Å². The van der Waals surface area contributed by atoms with Crippen LogP contribution in [0.25, 0.3) is 0 Å². The second kappa shape index (κ2) is 6.53. The normalized spacial score (nSPS) is 17.4. The maximum absolute atomic E-state index is 6.16. The third-order valence-electron chi connectivity index (χ3n) is 2.93. The molecule has 5 heteroatoms. The second-order valence-electron chi connectivity index (χ2n) is 4.09. The lowest BCUT2D eigenvalue weighted by molar-refractivity contribution is 0.482. The standard InChI is InChI=1S/C12H14Cl3NS/c13-10-1-2-11(14)12(15)9(10)7-16-8-3-5-17-6-4-8/h1-2,8,16H,3-7H2. The Labute approximate surface area is 121 Å². The van der Waals surface area contributed by atoms with E-state index < -0.39 is 0 Å². The van der Waals surface area contributed by atoms with Crippen molar-refractivity contribution < 1.29 is 0 Å². The molecule has 0 bridgehead atoms. The van der Waals surface area contributed by atoms with Crippen molar-refractivity contribution in [3.63, 3.8) is 0 Å². The molecule has 1 aromatic rings. The topological polar surface area (TPSA) is 12.0 Å². The molecule has 1 aromatic carbocycles. The van der Waals surface area contributed by atoms with Gasteiger partial charge in [0.2, 0.25) is 0 Å². The van der Waals surface area contributed by atoms with Crippen molar-refractivity contribution >= 4 is 46.6 Å². The van der Waals surface area contributed by atoms with Crippen molar-refractivity contribution in [2.75, 3.05) is 11.5 Å². The van der Waals surface area contributed by atoms with Crippen molar-refractivity contribution in [2.24, 2.45) is 0 Å². The van der Waals surface area contributed by atoms with E-state index in [1.807, 2.05) is 11.8 Å². The van der Waals surface area contributed by atoms with Crippen LogP contribution in [0, 0.1) is 0 Å². The van der Waals surface area contributed by atoms with E-state index in [0.29, 0.717) is 27.7 Å². The van der Waals surface area contributed by atoms with Gasteiger partial charge in [0.25, 0.3) is 0 Å². The Morgan fingerprint density at radius 1 is 1.12 bits per heavy atom. The lowest BCUT2D eigenvalue weighted by Crippen LogP contribution is -2.32. The van der Waals surface area contributed by atoms with E-state index in [2.05, 4.69) is 5.32 Å². The van der Waals surface area contributed by atoms with Gasteiger partial charge in [0, 0.05) is 23.2 Å². The van der Waals surface area contributed by atoms with Crippen LogP contribution in [-0.2, 0) is 6.54 Å².